The third-order valence-corrected chi connectivity index (χ3v) is 3.52. The van der Waals surface area contributed by atoms with Crippen LogP contribution in [-0.2, 0) is 15.3 Å². The van der Waals surface area contributed by atoms with Crippen LogP contribution in [0.15, 0.2) is 24.3 Å². The average Bonchev–Trinajstić information content (AvgIpc) is 2.37. The molecule has 0 aliphatic heterocycles. The van der Waals surface area contributed by atoms with E-state index in [0.29, 0.717) is 10.8 Å². The molecule has 0 fully saturated rings. The molecule has 4 nitrogen and oxygen atoms in total. The van der Waals surface area contributed by atoms with Crippen LogP contribution in [0.4, 0.5) is 0 Å². The van der Waals surface area contributed by atoms with Crippen molar-refractivity contribution in [1.82, 2.24) is 5.32 Å². The minimum atomic E-state index is -0.660. The van der Waals surface area contributed by atoms with Gasteiger partial charge < -0.3 is 15.2 Å². The number of rotatable bonds is 8. The van der Waals surface area contributed by atoms with E-state index in [9.17, 15) is 9.90 Å². The zero-order valence-electron chi connectivity index (χ0n) is 10.8. The highest BCUT2D eigenvalue weighted by atomic mass is 35.5. The second-order valence-corrected chi connectivity index (χ2v) is 5.46. The van der Waals surface area contributed by atoms with Crippen LogP contribution < -0.4 is 5.32 Å². The molecular weight excluding hydrogens is 286 g/mol. The van der Waals surface area contributed by atoms with Crippen molar-refractivity contribution >= 4 is 29.3 Å². The van der Waals surface area contributed by atoms with Gasteiger partial charge in [0.2, 0.25) is 5.91 Å². The van der Waals surface area contributed by atoms with E-state index < -0.39 is 6.10 Å². The number of nitrogens with one attached hydrogen (secondary N) is 1. The molecule has 0 saturated heterocycles. The fourth-order valence-electron chi connectivity index (χ4n) is 1.42. The molecule has 1 atom stereocenters. The topological polar surface area (TPSA) is 58.6 Å². The summed E-state index contributed by atoms with van der Waals surface area (Å²) in [5, 5.41) is 12.7. The number of aliphatic hydroxyl groups is 1. The van der Waals surface area contributed by atoms with E-state index in [4.69, 9.17) is 16.3 Å². The number of amides is 1. The van der Waals surface area contributed by atoms with Gasteiger partial charge in [-0.2, -0.15) is 0 Å². The Bertz CT molecular complexity index is 403. The van der Waals surface area contributed by atoms with Crippen molar-refractivity contribution in [2.45, 2.75) is 11.9 Å². The summed E-state index contributed by atoms with van der Waals surface area (Å²) in [7, 11) is 1.51. The predicted octanol–water partition coefficient (Wildman–Crippen LogP) is 1.70. The van der Waals surface area contributed by atoms with Gasteiger partial charge in [0.1, 0.15) is 0 Å². The van der Waals surface area contributed by atoms with Crippen molar-refractivity contribution in [3.05, 3.63) is 34.9 Å². The number of carbonyl (C=O) groups excluding carboxylic acids is 1. The normalized spacial score (nSPS) is 12.2. The van der Waals surface area contributed by atoms with Gasteiger partial charge in [0, 0.05) is 24.4 Å². The van der Waals surface area contributed by atoms with Gasteiger partial charge in [0.05, 0.1) is 18.5 Å². The van der Waals surface area contributed by atoms with E-state index in [-0.39, 0.29) is 19.1 Å². The maximum atomic E-state index is 11.5. The zero-order valence-corrected chi connectivity index (χ0v) is 12.3. The highest BCUT2D eigenvalue weighted by Gasteiger charge is 2.06. The van der Waals surface area contributed by atoms with Crippen LogP contribution in [0.1, 0.15) is 5.56 Å². The third-order valence-electron chi connectivity index (χ3n) is 2.28. The van der Waals surface area contributed by atoms with Gasteiger partial charge in [-0.05, 0) is 17.7 Å². The van der Waals surface area contributed by atoms with Crippen LogP contribution in [-0.4, -0.2) is 43.1 Å². The molecule has 1 unspecified atom stereocenters. The minimum Gasteiger partial charge on any atom is -0.389 e. The Balaban J connectivity index is 2.17. The molecule has 0 saturated carbocycles. The number of benzene rings is 1. The Morgan fingerprint density at radius 1 is 1.58 bits per heavy atom. The van der Waals surface area contributed by atoms with Crippen LogP contribution in [0, 0.1) is 0 Å². The number of methoxy groups -OCH3 is 1. The molecule has 1 aromatic rings. The molecule has 6 heteroatoms. The maximum Gasteiger partial charge on any atom is 0.230 e. The average molecular weight is 304 g/mol. The highest BCUT2D eigenvalue weighted by Crippen LogP contribution is 2.16. The largest absolute Gasteiger partial charge is 0.389 e. The van der Waals surface area contributed by atoms with Gasteiger partial charge in [-0.15, -0.1) is 11.8 Å². The number of hydrogen-bond donors (Lipinski definition) is 2. The van der Waals surface area contributed by atoms with Gasteiger partial charge in [-0.25, -0.2) is 0 Å². The smallest absolute Gasteiger partial charge is 0.230 e. The molecule has 1 amide bonds. The lowest BCUT2D eigenvalue weighted by Crippen LogP contribution is -2.35. The van der Waals surface area contributed by atoms with Gasteiger partial charge in [-0.3, -0.25) is 4.79 Å². The van der Waals surface area contributed by atoms with Crippen molar-refractivity contribution in [3.63, 3.8) is 0 Å². The third kappa shape index (κ3) is 7.42. The van der Waals surface area contributed by atoms with Gasteiger partial charge in [0.15, 0.2) is 0 Å². The molecular formula is C13H18ClNO3S. The number of halogens is 1. The molecule has 19 heavy (non-hydrogen) atoms. The predicted molar refractivity (Wildman–Crippen MR) is 78.5 cm³/mol. The molecule has 0 aliphatic carbocycles. The minimum absolute atomic E-state index is 0.0952. The molecule has 0 spiro atoms. The van der Waals surface area contributed by atoms with Crippen LogP contribution in [0.25, 0.3) is 0 Å². The Labute approximate surface area is 122 Å². The molecule has 0 bridgehead atoms. The summed E-state index contributed by atoms with van der Waals surface area (Å²) in [6.45, 7) is 0.431. The van der Waals surface area contributed by atoms with Crippen LogP contribution in [0.3, 0.4) is 0 Å². The lowest BCUT2D eigenvalue weighted by molar-refractivity contribution is -0.119. The molecule has 1 aromatic carbocycles. The van der Waals surface area contributed by atoms with Crippen LogP contribution in [0.5, 0.6) is 0 Å². The summed E-state index contributed by atoms with van der Waals surface area (Å²) in [5.74, 6) is 0.989. The van der Waals surface area contributed by atoms with E-state index in [2.05, 4.69) is 5.32 Å². The standard InChI is InChI=1S/C13H18ClNO3S/c1-18-7-12(16)6-15-13(17)9-19-8-10-3-2-4-11(14)5-10/h2-5,12,16H,6-9H2,1H3,(H,15,17). The van der Waals surface area contributed by atoms with E-state index >= 15 is 0 Å². The lowest BCUT2D eigenvalue weighted by Gasteiger charge is -2.10. The molecule has 0 aliphatic rings. The summed E-state index contributed by atoms with van der Waals surface area (Å²) in [5.41, 5.74) is 1.09. The first kappa shape index (κ1) is 16.3. The number of ether oxygens (including phenoxy) is 1. The molecule has 0 heterocycles. The first-order chi connectivity index (χ1) is 9.11. The summed E-state index contributed by atoms with van der Waals surface area (Å²) >= 11 is 7.38. The van der Waals surface area contributed by atoms with Crippen molar-refractivity contribution in [2.24, 2.45) is 0 Å². The second-order valence-electron chi connectivity index (χ2n) is 4.04. The number of hydrogen-bond acceptors (Lipinski definition) is 4. The number of aliphatic hydroxyl groups excluding tert-OH is 1. The first-order valence-corrected chi connectivity index (χ1v) is 7.41. The lowest BCUT2D eigenvalue weighted by atomic mass is 10.2. The Morgan fingerprint density at radius 2 is 2.37 bits per heavy atom. The second kappa shape index (κ2) is 9.20. The van der Waals surface area contributed by atoms with Crippen molar-refractivity contribution in [2.75, 3.05) is 26.0 Å². The molecule has 0 aromatic heterocycles. The SMILES string of the molecule is COCC(O)CNC(=O)CSCc1cccc(Cl)c1. The molecule has 106 valence electrons. The van der Waals surface area contributed by atoms with Crippen molar-refractivity contribution < 1.29 is 14.6 Å². The number of thioether (sulfide) groups is 1. The van der Waals surface area contributed by atoms with E-state index in [1.165, 1.54) is 18.9 Å². The van der Waals surface area contributed by atoms with E-state index in [1.807, 2.05) is 24.3 Å². The molecule has 1 rings (SSSR count). The van der Waals surface area contributed by atoms with E-state index in [1.54, 1.807) is 0 Å². The van der Waals surface area contributed by atoms with Gasteiger partial charge in [-0.1, -0.05) is 23.7 Å². The Kier molecular flexibility index (Phi) is 7.90. The fraction of sp³-hybridized carbons (Fsp3) is 0.462. The first-order valence-electron chi connectivity index (χ1n) is 5.87. The zero-order chi connectivity index (χ0) is 14.1. The summed E-state index contributed by atoms with van der Waals surface area (Å²) in [4.78, 5) is 11.5. The van der Waals surface area contributed by atoms with Crippen LogP contribution >= 0.6 is 23.4 Å². The molecule has 0 radical (unpaired) electrons. The van der Waals surface area contributed by atoms with Gasteiger partial charge >= 0.3 is 0 Å². The van der Waals surface area contributed by atoms with Crippen molar-refractivity contribution in [3.8, 4) is 0 Å². The molecule has 2 N–H and O–H groups in total. The monoisotopic (exact) mass is 303 g/mol. The number of carbonyl (C=O) groups is 1. The maximum absolute atomic E-state index is 11.5. The summed E-state index contributed by atoms with van der Waals surface area (Å²) in [6.07, 6.45) is -0.660. The van der Waals surface area contributed by atoms with Crippen molar-refractivity contribution in [1.29, 1.82) is 0 Å². The Morgan fingerprint density at radius 3 is 3.05 bits per heavy atom. The summed E-state index contributed by atoms with van der Waals surface area (Å²) in [6, 6.07) is 7.56. The quantitative estimate of drug-likeness (QED) is 0.767. The fourth-order valence-corrected chi connectivity index (χ4v) is 2.44. The Hall–Kier alpha value is -0.750. The summed E-state index contributed by atoms with van der Waals surface area (Å²) < 4.78 is 4.77. The van der Waals surface area contributed by atoms with Gasteiger partial charge in [0.25, 0.3) is 0 Å². The highest BCUT2D eigenvalue weighted by molar-refractivity contribution is 7.99. The van der Waals surface area contributed by atoms with Crippen LogP contribution in [0.2, 0.25) is 5.02 Å². The van der Waals surface area contributed by atoms with E-state index in [0.717, 1.165) is 11.3 Å².